The van der Waals surface area contributed by atoms with Crippen LogP contribution in [0.3, 0.4) is 0 Å². The summed E-state index contributed by atoms with van der Waals surface area (Å²) in [6.45, 7) is 10.6. The maximum absolute atomic E-state index is 11.4. The van der Waals surface area contributed by atoms with Crippen molar-refractivity contribution >= 4 is 28.5 Å². The van der Waals surface area contributed by atoms with Crippen LogP contribution < -0.4 is 5.32 Å². The Morgan fingerprint density at radius 1 is 1.29 bits per heavy atom. The molecule has 1 N–H and O–H groups in total. The van der Waals surface area contributed by atoms with Gasteiger partial charge >= 0.3 is 0 Å². The Morgan fingerprint density at radius 2 is 1.79 bits per heavy atom. The highest BCUT2D eigenvalue weighted by Crippen LogP contribution is 2.17. The molecule has 0 aliphatic rings. The lowest BCUT2D eigenvalue weighted by molar-refractivity contribution is -0.128. The molecule has 0 rings (SSSR count). The molecule has 0 aromatic rings. The van der Waals surface area contributed by atoms with Crippen LogP contribution in [0, 0.1) is 5.41 Å². The van der Waals surface area contributed by atoms with Crippen LogP contribution in [-0.2, 0) is 4.79 Å². The average Bonchev–Trinajstić information content (AvgIpc) is 1.93. The van der Waals surface area contributed by atoms with E-state index >= 15 is 0 Å². The van der Waals surface area contributed by atoms with Crippen LogP contribution in [0.5, 0.6) is 0 Å². The van der Waals surface area contributed by atoms with Crippen LogP contribution in [0.2, 0.25) is 0 Å². The van der Waals surface area contributed by atoms with Crippen molar-refractivity contribution in [3.05, 3.63) is 12.2 Å². The van der Waals surface area contributed by atoms with Gasteiger partial charge in [0.25, 0.3) is 0 Å². The van der Waals surface area contributed by atoms with E-state index in [0.717, 1.165) is 0 Å². The minimum absolute atomic E-state index is 0.0911. The summed E-state index contributed by atoms with van der Waals surface area (Å²) in [4.78, 5) is 11.4. The van der Waals surface area contributed by atoms with E-state index in [1.807, 2.05) is 26.8 Å². The molecule has 0 aliphatic heterocycles. The molecule has 14 heavy (non-hydrogen) atoms. The Labute approximate surface area is 101 Å². The standard InChI is InChI=1S/C11H20INO/c1-10(2,3)9(14)13-8-6-7-11(4,5)12/h6-7H,8H2,1-5H3,(H,13,14)/b7-6+. The molecule has 1 amide bonds. The van der Waals surface area contributed by atoms with Crippen LogP contribution in [0.15, 0.2) is 12.2 Å². The second-order valence-electron chi connectivity index (χ2n) is 4.93. The van der Waals surface area contributed by atoms with Gasteiger partial charge in [0.05, 0.1) is 0 Å². The number of amides is 1. The number of nitrogens with one attached hydrogen (secondary N) is 1. The first-order chi connectivity index (χ1) is 6.13. The topological polar surface area (TPSA) is 29.1 Å². The molecule has 2 nitrogen and oxygen atoms in total. The van der Waals surface area contributed by atoms with E-state index < -0.39 is 0 Å². The molecule has 0 unspecified atom stereocenters. The van der Waals surface area contributed by atoms with Gasteiger partial charge in [-0.05, 0) is 13.8 Å². The third kappa shape index (κ3) is 7.35. The van der Waals surface area contributed by atoms with E-state index in [1.165, 1.54) is 0 Å². The summed E-state index contributed by atoms with van der Waals surface area (Å²) < 4.78 is 0.157. The lowest BCUT2D eigenvalue weighted by Crippen LogP contribution is -2.34. The van der Waals surface area contributed by atoms with E-state index in [4.69, 9.17) is 0 Å². The number of allylic oxidation sites excluding steroid dienone is 1. The van der Waals surface area contributed by atoms with Crippen molar-refractivity contribution < 1.29 is 4.79 Å². The molecule has 0 fully saturated rings. The summed E-state index contributed by atoms with van der Waals surface area (Å²) in [6, 6.07) is 0. The zero-order chi connectivity index (χ0) is 11.4. The van der Waals surface area contributed by atoms with Gasteiger partial charge in [-0.2, -0.15) is 0 Å². The number of hydrogen-bond acceptors (Lipinski definition) is 1. The van der Waals surface area contributed by atoms with Gasteiger partial charge < -0.3 is 5.32 Å². The fraction of sp³-hybridized carbons (Fsp3) is 0.727. The fourth-order valence-corrected chi connectivity index (χ4v) is 1.01. The Bertz CT molecular complexity index is 220. The van der Waals surface area contributed by atoms with Gasteiger partial charge in [-0.1, -0.05) is 55.5 Å². The highest BCUT2D eigenvalue weighted by molar-refractivity contribution is 14.1. The van der Waals surface area contributed by atoms with Crippen LogP contribution in [0.4, 0.5) is 0 Å². The molecule has 0 bridgehead atoms. The minimum atomic E-state index is -0.298. The van der Waals surface area contributed by atoms with Crippen molar-refractivity contribution in [3.8, 4) is 0 Å². The molecule has 3 heteroatoms. The first-order valence-corrected chi connectivity index (χ1v) is 5.86. The molecule has 0 spiro atoms. The SMILES string of the molecule is CC(C)(I)/C=C/CNC(=O)C(C)(C)C. The zero-order valence-corrected chi connectivity index (χ0v) is 11.8. The molecular weight excluding hydrogens is 289 g/mol. The summed E-state index contributed by atoms with van der Waals surface area (Å²) in [5.74, 6) is 0.0911. The third-order valence-electron chi connectivity index (χ3n) is 1.58. The Hall–Kier alpha value is -0.0600. The molecule has 0 aromatic heterocycles. The van der Waals surface area contributed by atoms with Crippen molar-refractivity contribution in [2.24, 2.45) is 5.41 Å². The first kappa shape index (κ1) is 13.9. The van der Waals surface area contributed by atoms with E-state index in [9.17, 15) is 4.79 Å². The lowest BCUT2D eigenvalue weighted by atomic mass is 9.96. The Balaban J connectivity index is 3.88. The maximum Gasteiger partial charge on any atom is 0.225 e. The molecule has 0 atom stereocenters. The van der Waals surface area contributed by atoms with Crippen molar-refractivity contribution in [1.82, 2.24) is 5.32 Å². The van der Waals surface area contributed by atoms with E-state index in [0.29, 0.717) is 6.54 Å². The quantitative estimate of drug-likeness (QED) is 0.485. The Kier molecular flexibility index (Phi) is 5.12. The smallest absolute Gasteiger partial charge is 0.225 e. The van der Waals surface area contributed by atoms with Gasteiger partial charge in [0, 0.05) is 15.4 Å². The predicted octanol–water partition coefficient (Wildman–Crippen LogP) is 2.92. The first-order valence-electron chi connectivity index (χ1n) is 4.78. The minimum Gasteiger partial charge on any atom is -0.352 e. The van der Waals surface area contributed by atoms with Gasteiger partial charge in [0.1, 0.15) is 0 Å². The lowest BCUT2D eigenvalue weighted by Gasteiger charge is -2.17. The molecule has 0 saturated carbocycles. The van der Waals surface area contributed by atoms with Gasteiger partial charge in [-0.15, -0.1) is 0 Å². The molecular formula is C11H20INO. The number of carbonyl (C=O) groups excluding carboxylic acids is 1. The molecule has 0 aromatic carbocycles. The second kappa shape index (κ2) is 5.14. The Morgan fingerprint density at radius 3 is 2.14 bits per heavy atom. The summed E-state index contributed by atoms with van der Waals surface area (Å²) >= 11 is 2.35. The van der Waals surface area contributed by atoms with Crippen LogP contribution in [0.1, 0.15) is 34.6 Å². The molecule has 0 radical (unpaired) electrons. The second-order valence-corrected chi connectivity index (χ2v) is 7.71. The van der Waals surface area contributed by atoms with Crippen molar-refractivity contribution in [2.75, 3.05) is 6.54 Å². The van der Waals surface area contributed by atoms with Crippen molar-refractivity contribution in [1.29, 1.82) is 0 Å². The van der Waals surface area contributed by atoms with E-state index in [2.05, 4.69) is 47.8 Å². The van der Waals surface area contributed by atoms with Gasteiger partial charge in [0.15, 0.2) is 0 Å². The summed E-state index contributed by atoms with van der Waals surface area (Å²) in [5, 5.41) is 2.87. The number of carbonyl (C=O) groups is 1. The van der Waals surface area contributed by atoms with Crippen LogP contribution in [0.25, 0.3) is 0 Å². The van der Waals surface area contributed by atoms with Gasteiger partial charge in [-0.3, -0.25) is 4.79 Å². The largest absolute Gasteiger partial charge is 0.352 e. The number of alkyl halides is 1. The fourth-order valence-electron chi connectivity index (χ4n) is 0.756. The highest BCUT2D eigenvalue weighted by atomic mass is 127. The number of hydrogen-bond donors (Lipinski definition) is 1. The third-order valence-corrected chi connectivity index (χ3v) is 1.94. The zero-order valence-electron chi connectivity index (χ0n) is 9.65. The van der Waals surface area contributed by atoms with E-state index in [-0.39, 0.29) is 14.7 Å². The van der Waals surface area contributed by atoms with E-state index in [1.54, 1.807) is 0 Å². The molecule has 0 saturated heterocycles. The molecule has 0 heterocycles. The summed E-state index contributed by atoms with van der Waals surface area (Å²) in [5.41, 5.74) is -0.298. The van der Waals surface area contributed by atoms with Gasteiger partial charge in [-0.25, -0.2) is 0 Å². The summed E-state index contributed by atoms with van der Waals surface area (Å²) in [7, 11) is 0. The highest BCUT2D eigenvalue weighted by Gasteiger charge is 2.19. The summed E-state index contributed by atoms with van der Waals surface area (Å²) in [6.07, 6.45) is 4.09. The van der Waals surface area contributed by atoms with Gasteiger partial charge in [0.2, 0.25) is 5.91 Å². The normalized spacial score (nSPS) is 13.3. The number of halogens is 1. The van der Waals surface area contributed by atoms with Crippen molar-refractivity contribution in [3.63, 3.8) is 0 Å². The predicted molar refractivity (Wildman–Crippen MR) is 69.7 cm³/mol. The maximum atomic E-state index is 11.4. The monoisotopic (exact) mass is 309 g/mol. The van der Waals surface area contributed by atoms with Crippen LogP contribution >= 0.6 is 22.6 Å². The van der Waals surface area contributed by atoms with Crippen LogP contribution in [-0.4, -0.2) is 15.9 Å². The molecule has 0 aliphatic carbocycles. The van der Waals surface area contributed by atoms with Crippen molar-refractivity contribution in [2.45, 2.75) is 38.0 Å². The number of rotatable bonds is 3. The average molecular weight is 309 g/mol. The molecule has 82 valence electrons.